The molecular formula is C23H24FN3O3. The Morgan fingerprint density at radius 2 is 1.77 bits per heavy atom. The maximum Gasteiger partial charge on any atom is 0.253 e. The summed E-state index contributed by atoms with van der Waals surface area (Å²) in [6, 6.07) is 16.5. The second-order valence-electron chi connectivity index (χ2n) is 6.72. The molecule has 0 aliphatic rings. The number of para-hydroxylation sites is 1. The van der Waals surface area contributed by atoms with Crippen molar-refractivity contribution in [1.82, 2.24) is 5.32 Å². The summed E-state index contributed by atoms with van der Waals surface area (Å²) in [4.78, 5) is 28.9. The number of hydrogen-bond donors (Lipinski definition) is 1. The first kappa shape index (κ1) is 21.1. The van der Waals surface area contributed by atoms with Gasteiger partial charge in [0, 0.05) is 19.3 Å². The van der Waals surface area contributed by atoms with E-state index in [0.29, 0.717) is 23.6 Å². The van der Waals surface area contributed by atoms with Crippen molar-refractivity contribution in [3.8, 4) is 0 Å². The van der Waals surface area contributed by atoms with Gasteiger partial charge in [-0.2, -0.15) is 0 Å². The number of halogens is 1. The molecule has 0 saturated heterocycles. The van der Waals surface area contributed by atoms with E-state index in [0.717, 1.165) is 5.69 Å². The third-order valence-corrected chi connectivity index (χ3v) is 4.79. The van der Waals surface area contributed by atoms with E-state index in [2.05, 4.69) is 5.32 Å². The topological polar surface area (TPSA) is 65.8 Å². The van der Waals surface area contributed by atoms with Crippen molar-refractivity contribution < 1.29 is 18.4 Å². The standard InChI is InChI=1S/C23H24FN3O3/c1-3-27(18-12-10-17(24)11-13-18)16-22(28)26(2)21-9-5-4-8-20(21)23(29)25-15-19-7-6-14-30-19/h4-14H,3,15-16H2,1-2H3,(H,25,29). The van der Waals surface area contributed by atoms with Crippen LogP contribution in [0.1, 0.15) is 23.0 Å². The van der Waals surface area contributed by atoms with Gasteiger partial charge in [-0.3, -0.25) is 9.59 Å². The maximum absolute atomic E-state index is 13.2. The van der Waals surface area contributed by atoms with E-state index in [1.807, 2.05) is 11.8 Å². The number of benzene rings is 2. The summed E-state index contributed by atoms with van der Waals surface area (Å²) in [5.74, 6) is -0.170. The normalized spacial score (nSPS) is 10.5. The maximum atomic E-state index is 13.2. The lowest BCUT2D eigenvalue weighted by Crippen LogP contribution is -2.39. The molecule has 0 unspecified atom stereocenters. The molecule has 0 aliphatic carbocycles. The number of rotatable bonds is 8. The largest absolute Gasteiger partial charge is 0.467 e. The van der Waals surface area contributed by atoms with Crippen LogP contribution in [0.4, 0.5) is 15.8 Å². The Labute approximate surface area is 174 Å². The van der Waals surface area contributed by atoms with Gasteiger partial charge in [-0.1, -0.05) is 12.1 Å². The van der Waals surface area contributed by atoms with Crippen molar-refractivity contribution in [1.29, 1.82) is 0 Å². The van der Waals surface area contributed by atoms with Gasteiger partial charge in [-0.05, 0) is 55.5 Å². The fourth-order valence-corrected chi connectivity index (χ4v) is 3.08. The molecule has 3 rings (SSSR count). The monoisotopic (exact) mass is 409 g/mol. The van der Waals surface area contributed by atoms with Crippen LogP contribution < -0.4 is 15.1 Å². The second-order valence-corrected chi connectivity index (χ2v) is 6.72. The van der Waals surface area contributed by atoms with Crippen LogP contribution in [0, 0.1) is 5.82 Å². The number of carbonyl (C=O) groups is 2. The molecule has 2 amide bonds. The smallest absolute Gasteiger partial charge is 0.253 e. The SMILES string of the molecule is CCN(CC(=O)N(C)c1ccccc1C(=O)NCc1ccco1)c1ccc(F)cc1. The molecule has 0 saturated carbocycles. The highest BCUT2D eigenvalue weighted by Crippen LogP contribution is 2.21. The van der Waals surface area contributed by atoms with E-state index in [-0.39, 0.29) is 30.7 Å². The molecule has 6 nitrogen and oxygen atoms in total. The van der Waals surface area contributed by atoms with E-state index >= 15 is 0 Å². The number of nitrogens with zero attached hydrogens (tertiary/aromatic N) is 2. The van der Waals surface area contributed by atoms with Gasteiger partial charge in [0.25, 0.3) is 5.91 Å². The van der Waals surface area contributed by atoms with Crippen LogP contribution in [0.5, 0.6) is 0 Å². The molecule has 156 valence electrons. The highest BCUT2D eigenvalue weighted by Gasteiger charge is 2.20. The molecule has 0 fully saturated rings. The molecule has 0 aliphatic heterocycles. The van der Waals surface area contributed by atoms with E-state index in [1.54, 1.807) is 61.8 Å². The minimum absolute atomic E-state index is 0.0982. The Morgan fingerprint density at radius 1 is 1.03 bits per heavy atom. The summed E-state index contributed by atoms with van der Waals surface area (Å²) in [6.07, 6.45) is 1.54. The number of nitrogens with one attached hydrogen (secondary N) is 1. The quantitative estimate of drug-likeness (QED) is 0.614. The van der Waals surface area contributed by atoms with Gasteiger partial charge < -0.3 is 19.5 Å². The summed E-state index contributed by atoms with van der Waals surface area (Å²) in [6.45, 7) is 2.86. The zero-order valence-corrected chi connectivity index (χ0v) is 17.0. The second kappa shape index (κ2) is 9.73. The van der Waals surface area contributed by atoms with Crippen molar-refractivity contribution in [2.24, 2.45) is 0 Å². The van der Waals surface area contributed by atoms with Crippen LogP contribution in [-0.4, -0.2) is 32.0 Å². The number of carbonyl (C=O) groups excluding carboxylic acids is 2. The van der Waals surface area contributed by atoms with Gasteiger partial charge in [0.05, 0.1) is 30.6 Å². The molecule has 0 radical (unpaired) electrons. The van der Waals surface area contributed by atoms with Gasteiger partial charge in [0.2, 0.25) is 5.91 Å². The van der Waals surface area contributed by atoms with Crippen LogP contribution in [-0.2, 0) is 11.3 Å². The number of anilines is 2. The van der Waals surface area contributed by atoms with Gasteiger partial charge >= 0.3 is 0 Å². The van der Waals surface area contributed by atoms with E-state index in [1.165, 1.54) is 17.0 Å². The molecule has 30 heavy (non-hydrogen) atoms. The average Bonchev–Trinajstić information content (AvgIpc) is 3.29. The molecule has 7 heteroatoms. The van der Waals surface area contributed by atoms with Crippen LogP contribution in [0.25, 0.3) is 0 Å². The Morgan fingerprint density at radius 3 is 2.43 bits per heavy atom. The lowest BCUT2D eigenvalue weighted by Gasteiger charge is -2.26. The molecule has 1 heterocycles. The molecular weight excluding hydrogens is 385 g/mol. The number of furan rings is 1. The molecule has 3 aromatic rings. The van der Waals surface area contributed by atoms with E-state index < -0.39 is 0 Å². The fraction of sp³-hybridized carbons (Fsp3) is 0.217. The Kier molecular flexibility index (Phi) is 6.85. The summed E-state index contributed by atoms with van der Waals surface area (Å²) >= 11 is 0. The minimum Gasteiger partial charge on any atom is -0.467 e. The molecule has 1 aromatic heterocycles. The van der Waals surface area contributed by atoms with Crippen molar-refractivity contribution in [3.63, 3.8) is 0 Å². The number of likely N-dealkylation sites (N-methyl/N-ethyl adjacent to an activating group) is 2. The lowest BCUT2D eigenvalue weighted by atomic mass is 10.1. The Hall–Kier alpha value is -3.61. The van der Waals surface area contributed by atoms with Crippen LogP contribution in [0.3, 0.4) is 0 Å². The van der Waals surface area contributed by atoms with Crippen molar-refractivity contribution in [3.05, 3.63) is 84.1 Å². The van der Waals surface area contributed by atoms with Crippen LogP contribution >= 0.6 is 0 Å². The first-order chi connectivity index (χ1) is 14.5. The predicted molar refractivity (Wildman–Crippen MR) is 114 cm³/mol. The third-order valence-electron chi connectivity index (χ3n) is 4.79. The van der Waals surface area contributed by atoms with E-state index in [9.17, 15) is 14.0 Å². The fourth-order valence-electron chi connectivity index (χ4n) is 3.08. The average molecular weight is 409 g/mol. The Balaban J connectivity index is 1.72. The summed E-state index contributed by atoms with van der Waals surface area (Å²) in [5.41, 5.74) is 1.66. The van der Waals surface area contributed by atoms with Crippen LogP contribution in [0.15, 0.2) is 71.3 Å². The molecule has 0 spiro atoms. The first-order valence-corrected chi connectivity index (χ1v) is 9.66. The van der Waals surface area contributed by atoms with Gasteiger partial charge in [-0.25, -0.2) is 4.39 Å². The molecule has 2 aromatic carbocycles. The van der Waals surface area contributed by atoms with Crippen molar-refractivity contribution in [2.75, 3.05) is 29.9 Å². The molecule has 0 bridgehead atoms. The minimum atomic E-state index is -0.326. The number of amides is 2. The third kappa shape index (κ3) is 5.05. The summed E-state index contributed by atoms with van der Waals surface area (Å²) in [5, 5.41) is 2.80. The van der Waals surface area contributed by atoms with Crippen molar-refractivity contribution in [2.45, 2.75) is 13.5 Å². The summed E-state index contributed by atoms with van der Waals surface area (Å²) < 4.78 is 18.4. The molecule has 0 atom stereocenters. The van der Waals surface area contributed by atoms with Crippen molar-refractivity contribution >= 4 is 23.2 Å². The highest BCUT2D eigenvalue weighted by atomic mass is 19.1. The zero-order chi connectivity index (χ0) is 21.5. The van der Waals surface area contributed by atoms with Gasteiger partial charge in [-0.15, -0.1) is 0 Å². The van der Waals surface area contributed by atoms with Crippen LogP contribution in [0.2, 0.25) is 0 Å². The zero-order valence-electron chi connectivity index (χ0n) is 17.0. The summed E-state index contributed by atoms with van der Waals surface area (Å²) in [7, 11) is 1.64. The van der Waals surface area contributed by atoms with E-state index in [4.69, 9.17) is 4.42 Å². The van der Waals surface area contributed by atoms with Gasteiger partial charge in [0.15, 0.2) is 0 Å². The van der Waals surface area contributed by atoms with Gasteiger partial charge in [0.1, 0.15) is 11.6 Å². The number of hydrogen-bond acceptors (Lipinski definition) is 4. The first-order valence-electron chi connectivity index (χ1n) is 9.66. The lowest BCUT2D eigenvalue weighted by molar-refractivity contribution is -0.117. The molecule has 1 N–H and O–H groups in total. The Bertz CT molecular complexity index is 987. The highest BCUT2D eigenvalue weighted by molar-refractivity contribution is 6.05. The predicted octanol–water partition coefficient (Wildman–Crippen LogP) is 3.84.